The number of aryl methyl sites for hydroxylation is 1. The molecule has 0 saturated carbocycles. The van der Waals surface area contributed by atoms with Gasteiger partial charge >= 0.3 is 0 Å². The standard InChI is InChI=1S/C18H21NOS.ClH/c1-21-12-3-2-5-14-8-10-15(11-9-14)16-6-4-7-17(13-16)18(19)20;/h4,6-11,13H,2-3,5,12H2,1H3,(H2,19,20);1H. The summed E-state index contributed by atoms with van der Waals surface area (Å²) in [6.07, 6.45) is 5.78. The lowest BCUT2D eigenvalue weighted by molar-refractivity contribution is 0.100. The summed E-state index contributed by atoms with van der Waals surface area (Å²) in [6.45, 7) is 0. The number of primary amides is 1. The lowest BCUT2D eigenvalue weighted by Crippen LogP contribution is -2.10. The largest absolute Gasteiger partial charge is 0.366 e. The van der Waals surface area contributed by atoms with Gasteiger partial charge in [-0.2, -0.15) is 11.8 Å². The van der Waals surface area contributed by atoms with Gasteiger partial charge in [-0.15, -0.1) is 12.4 Å². The maximum Gasteiger partial charge on any atom is 0.248 e. The fourth-order valence-electron chi connectivity index (χ4n) is 2.29. The fourth-order valence-corrected chi connectivity index (χ4v) is 2.78. The molecule has 2 nitrogen and oxygen atoms in total. The Labute approximate surface area is 142 Å². The number of amides is 1. The van der Waals surface area contributed by atoms with Crippen molar-refractivity contribution in [1.82, 2.24) is 0 Å². The summed E-state index contributed by atoms with van der Waals surface area (Å²) in [6, 6.07) is 16.0. The number of hydrogen-bond acceptors (Lipinski definition) is 2. The van der Waals surface area contributed by atoms with E-state index in [0.717, 1.165) is 17.5 Å². The van der Waals surface area contributed by atoms with Gasteiger partial charge in [-0.1, -0.05) is 36.4 Å². The van der Waals surface area contributed by atoms with E-state index in [2.05, 4.69) is 30.5 Å². The molecule has 2 aromatic carbocycles. The normalized spacial score (nSPS) is 10.0. The van der Waals surface area contributed by atoms with Crippen LogP contribution < -0.4 is 5.73 Å². The number of nitrogens with two attached hydrogens (primary N) is 1. The molecule has 2 rings (SSSR count). The molecule has 118 valence electrons. The first-order valence-corrected chi connectivity index (χ1v) is 8.58. The number of thioether (sulfide) groups is 1. The summed E-state index contributed by atoms with van der Waals surface area (Å²) in [7, 11) is 0. The van der Waals surface area contributed by atoms with Crippen LogP contribution in [0.5, 0.6) is 0 Å². The third kappa shape index (κ3) is 5.39. The Kier molecular flexibility index (Phi) is 8.07. The first-order valence-electron chi connectivity index (χ1n) is 7.19. The molecule has 0 aliphatic carbocycles. The molecule has 4 heteroatoms. The molecule has 0 saturated heterocycles. The van der Waals surface area contributed by atoms with Crippen LogP contribution >= 0.6 is 24.2 Å². The zero-order valence-corrected chi connectivity index (χ0v) is 14.4. The Morgan fingerprint density at radius 3 is 2.41 bits per heavy atom. The smallest absolute Gasteiger partial charge is 0.248 e. The van der Waals surface area contributed by atoms with Crippen LogP contribution in [0.15, 0.2) is 48.5 Å². The molecule has 0 heterocycles. The Balaban J connectivity index is 0.00000242. The van der Waals surface area contributed by atoms with Crippen LogP contribution in [-0.4, -0.2) is 17.9 Å². The summed E-state index contributed by atoms with van der Waals surface area (Å²) >= 11 is 1.90. The Morgan fingerprint density at radius 1 is 1.05 bits per heavy atom. The van der Waals surface area contributed by atoms with Crippen LogP contribution in [0.1, 0.15) is 28.8 Å². The third-order valence-corrected chi connectivity index (χ3v) is 4.20. The van der Waals surface area contributed by atoms with E-state index in [0.29, 0.717) is 5.56 Å². The van der Waals surface area contributed by atoms with Crippen molar-refractivity contribution in [2.45, 2.75) is 19.3 Å². The van der Waals surface area contributed by atoms with Crippen LogP contribution in [0.2, 0.25) is 0 Å². The first kappa shape index (κ1) is 18.6. The Morgan fingerprint density at radius 2 is 1.77 bits per heavy atom. The number of benzene rings is 2. The molecular weight excluding hydrogens is 314 g/mol. The summed E-state index contributed by atoms with van der Waals surface area (Å²) in [5, 5.41) is 0. The molecule has 1 amide bonds. The first-order chi connectivity index (χ1) is 10.2. The Bertz CT molecular complexity index is 598. The van der Waals surface area contributed by atoms with Gasteiger partial charge in [-0.3, -0.25) is 4.79 Å². The van der Waals surface area contributed by atoms with Crippen molar-refractivity contribution >= 4 is 30.1 Å². The van der Waals surface area contributed by atoms with E-state index in [1.54, 1.807) is 6.07 Å². The highest BCUT2D eigenvalue weighted by Crippen LogP contribution is 2.21. The fraction of sp³-hybridized carbons (Fsp3) is 0.278. The topological polar surface area (TPSA) is 43.1 Å². The monoisotopic (exact) mass is 335 g/mol. The lowest BCUT2D eigenvalue weighted by atomic mass is 10.00. The van der Waals surface area contributed by atoms with E-state index >= 15 is 0 Å². The maximum absolute atomic E-state index is 11.2. The summed E-state index contributed by atoms with van der Waals surface area (Å²) in [5.41, 5.74) is 9.38. The van der Waals surface area contributed by atoms with Crippen LogP contribution in [0, 0.1) is 0 Å². The third-order valence-electron chi connectivity index (χ3n) is 3.50. The summed E-state index contributed by atoms with van der Waals surface area (Å²) in [4.78, 5) is 11.2. The van der Waals surface area contributed by atoms with Crippen molar-refractivity contribution in [3.63, 3.8) is 0 Å². The maximum atomic E-state index is 11.2. The average Bonchev–Trinajstić information content (AvgIpc) is 2.52. The van der Waals surface area contributed by atoms with Gasteiger partial charge in [0.15, 0.2) is 0 Å². The second kappa shape index (κ2) is 9.54. The summed E-state index contributed by atoms with van der Waals surface area (Å²) in [5.74, 6) is 0.847. The number of unbranched alkanes of at least 4 members (excludes halogenated alkanes) is 1. The molecule has 2 N–H and O–H groups in total. The van der Waals surface area contributed by atoms with Crippen LogP contribution in [-0.2, 0) is 6.42 Å². The molecule has 2 aromatic rings. The molecule has 0 unspecified atom stereocenters. The predicted molar refractivity (Wildman–Crippen MR) is 99.0 cm³/mol. The van der Waals surface area contributed by atoms with Gasteiger partial charge in [-0.25, -0.2) is 0 Å². The van der Waals surface area contributed by atoms with Gasteiger partial charge in [0.2, 0.25) is 5.91 Å². The molecule has 0 spiro atoms. The van der Waals surface area contributed by atoms with E-state index in [-0.39, 0.29) is 18.3 Å². The van der Waals surface area contributed by atoms with E-state index in [9.17, 15) is 4.79 Å². The molecule has 0 aliphatic heterocycles. The number of hydrogen-bond donors (Lipinski definition) is 1. The van der Waals surface area contributed by atoms with Gasteiger partial charge in [0.1, 0.15) is 0 Å². The molecule has 22 heavy (non-hydrogen) atoms. The second-order valence-corrected chi connectivity index (χ2v) is 6.08. The van der Waals surface area contributed by atoms with Crippen molar-refractivity contribution in [3.05, 3.63) is 59.7 Å². The minimum atomic E-state index is -0.387. The van der Waals surface area contributed by atoms with Gasteiger partial charge in [0, 0.05) is 5.56 Å². The van der Waals surface area contributed by atoms with Gasteiger partial charge < -0.3 is 5.73 Å². The van der Waals surface area contributed by atoms with E-state index in [1.807, 2.05) is 30.0 Å². The average molecular weight is 336 g/mol. The SMILES string of the molecule is CSCCCCc1ccc(-c2cccc(C(N)=O)c2)cc1.Cl. The second-order valence-electron chi connectivity index (χ2n) is 5.09. The number of carbonyl (C=O) groups is 1. The van der Waals surface area contributed by atoms with Gasteiger partial charge in [-0.05, 0) is 60.1 Å². The molecule has 0 fully saturated rings. The molecule has 0 bridgehead atoms. The molecule has 0 aliphatic rings. The van der Waals surface area contributed by atoms with E-state index in [4.69, 9.17) is 5.73 Å². The molecule has 0 radical (unpaired) electrons. The van der Waals surface area contributed by atoms with Crippen LogP contribution in [0.4, 0.5) is 0 Å². The van der Waals surface area contributed by atoms with Crippen molar-refractivity contribution in [3.8, 4) is 11.1 Å². The van der Waals surface area contributed by atoms with Crippen molar-refractivity contribution < 1.29 is 4.79 Å². The highest BCUT2D eigenvalue weighted by atomic mass is 35.5. The zero-order valence-electron chi connectivity index (χ0n) is 12.7. The molecule has 0 aromatic heterocycles. The summed E-state index contributed by atoms with van der Waals surface area (Å²) < 4.78 is 0. The van der Waals surface area contributed by atoms with Crippen LogP contribution in [0.3, 0.4) is 0 Å². The zero-order chi connectivity index (χ0) is 15.1. The molecule has 0 atom stereocenters. The van der Waals surface area contributed by atoms with Crippen LogP contribution in [0.25, 0.3) is 11.1 Å². The minimum absolute atomic E-state index is 0. The quantitative estimate of drug-likeness (QED) is 0.754. The number of rotatable bonds is 7. The molecular formula is C18H22ClNOS. The van der Waals surface area contributed by atoms with Crippen molar-refractivity contribution in [2.24, 2.45) is 5.73 Å². The van der Waals surface area contributed by atoms with Gasteiger partial charge in [0.05, 0.1) is 0 Å². The number of carbonyl (C=O) groups excluding carboxylic acids is 1. The highest BCUT2D eigenvalue weighted by Gasteiger charge is 2.03. The predicted octanol–water partition coefficient (Wildman–Crippen LogP) is 4.56. The number of halogens is 1. The van der Waals surface area contributed by atoms with Gasteiger partial charge in [0.25, 0.3) is 0 Å². The van der Waals surface area contributed by atoms with E-state index < -0.39 is 0 Å². The van der Waals surface area contributed by atoms with Crippen molar-refractivity contribution in [1.29, 1.82) is 0 Å². The Hall–Kier alpha value is -1.45. The van der Waals surface area contributed by atoms with Crippen molar-refractivity contribution in [2.75, 3.05) is 12.0 Å². The van der Waals surface area contributed by atoms with E-state index in [1.165, 1.54) is 24.2 Å². The lowest BCUT2D eigenvalue weighted by Gasteiger charge is -2.06. The highest BCUT2D eigenvalue weighted by molar-refractivity contribution is 7.98. The minimum Gasteiger partial charge on any atom is -0.366 e.